The van der Waals surface area contributed by atoms with Gasteiger partial charge in [0.1, 0.15) is 17.5 Å². The first-order valence-electron chi connectivity index (χ1n) is 9.03. The Hall–Kier alpha value is -4.14. The normalized spacial score (nSPS) is 10.9. The molecule has 0 spiro atoms. The third-order valence-electron chi connectivity index (χ3n) is 4.46. The molecule has 0 atom stereocenters. The fourth-order valence-electron chi connectivity index (χ4n) is 3.08. The number of Topliss-reactive ketones (excluding diaryl/α,β-unsaturated/α-hetero) is 1. The van der Waals surface area contributed by atoms with E-state index in [1.807, 2.05) is 30.3 Å². The van der Waals surface area contributed by atoms with Gasteiger partial charge in [-0.05, 0) is 30.3 Å². The Kier molecular flexibility index (Phi) is 4.93. The van der Waals surface area contributed by atoms with Crippen LogP contribution < -0.4 is 10.9 Å². The molecule has 0 saturated heterocycles. The Bertz CT molecular complexity index is 1330. The van der Waals surface area contributed by atoms with Crippen LogP contribution in [0.5, 0.6) is 0 Å². The first kappa shape index (κ1) is 19.2. The molecule has 1 N–H and O–H groups in total. The number of aromatic nitrogens is 4. The zero-order valence-electron chi connectivity index (χ0n) is 15.9. The highest BCUT2D eigenvalue weighted by atomic mass is 19.1. The van der Waals surface area contributed by atoms with Crippen LogP contribution in [0.3, 0.4) is 0 Å². The van der Waals surface area contributed by atoms with Gasteiger partial charge in [0.15, 0.2) is 11.4 Å². The first-order valence-corrected chi connectivity index (χ1v) is 9.03. The molecule has 0 radical (unpaired) electrons. The van der Waals surface area contributed by atoms with E-state index < -0.39 is 17.2 Å². The molecule has 0 fully saturated rings. The molecule has 1 amide bonds. The smallest absolute Gasteiger partial charge is 0.264 e. The highest BCUT2D eigenvalue weighted by Crippen LogP contribution is 2.16. The average Bonchev–Trinajstić information content (AvgIpc) is 3.15. The Morgan fingerprint density at radius 1 is 1.13 bits per heavy atom. The molecular weight excluding hydrogens is 389 g/mol. The van der Waals surface area contributed by atoms with E-state index >= 15 is 0 Å². The summed E-state index contributed by atoms with van der Waals surface area (Å²) in [5, 5.41) is 6.90. The van der Waals surface area contributed by atoms with Crippen LogP contribution >= 0.6 is 0 Å². The molecule has 0 saturated carbocycles. The summed E-state index contributed by atoms with van der Waals surface area (Å²) in [5.41, 5.74) is 0.710. The van der Waals surface area contributed by atoms with Crippen molar-refractivity contribution < 1.29 is 14.0 Å². The minimum Gasteiger partial charge on any atom is -0.326 e. The van der Waals surface area contributed by atoms with E-state index in [9.17, 15) is 18.8 Å². The number of fused-ring (bicyclic) bond motifs is 1. The predicted molar refractivity (Wildman–Crippen MR) is 108 cm³/mol. The highest BCUT2D eigenvalue weighted by molar-refractivity contribution is 5.97. The lowest BCUT2D eigenvalue weighted by Gasteiger charge is -2.08. The second-order valence-corrected chi connectivity index (χ2v) is 6.61. The summed E-state index contributed by atoms with van der Waals surface area (Å²) in [6.45, 7) is 0.918. The molecule has 150 valence electrons. The molecule has 0 aliphatic carbocycles. The van der Waals surface area contributed by atoms with E-state index in [1.54, 1.807) is 0 Å². The van der Waals surface area contributed by atoms with Gasteiger partial charge in [-0.1, -0.05) is 18.2 Å². The number of para-hydroxylation sites is 1. The molecule has 8 nitrogen and oxygen atoms in total. The molecule has 2 aromatic heterocycles. The minimum absolute atomic E-state index is 0.184. The SMILES string of the molecule is CC(=O)Nc1ccc(C(=O)Cn2cnc3c(cnn3-c3ccccc3)c2=O)c(F)c1. The Labute approximate surface area is 169 Å². The number of amides is 1. The minimum atomic E-state index is -0.787. The van der Waals surface area contributed by atoms with Crippen LogP contribution in [0.2, 0.25) is 0 Å². The molecule has 4 rings (SSSR count). The topological polar surface area (TPSA) is 98.9 Å². The summed E-state index contributed by atoms with van der Waals surface area (Å²) in [7, 11) is 0. The van der Waals surface area contributed by atoms with Crippen molar-refractivity contribution in [3.63, 3.8) is 0 Å². The van der Waals surface area contributed by atoms with Gasteiger partial charge in [0.2, 0.25) is 5.91 Å². The second kappa shape index (κ2) is 7.70. The quantitative estimate of drug-likeness (QED) is 0.515. The number of rotatable bonds is 5. The van der Waals surface area contributed by atoms with E-state index in [2.05, 4.69) is 15.4 Å². The maximum absolute atomic E-state index is 14.3. The lowest BCUT2D eigenvalue weighted by molar-refractivity contribution is -0.114. The van der Waals surface area contributed by atoms with E-state index in [0.717, 1.165) is 16.3 Å². The lowest BCUT2D eigenvalue weighted by atomic mass is 10.1. The van der Waals surface area contributed by atoms with Crippen LogP contribution in [0, 0.1) is 5.82 Å². The van der Waals surface area contributed by atoms with Gasteiger partial charge in [0.05, 0.1) is 24.0 Å². The van der Waals surface area contributed by atoms with E-state index in [0.29, 0.717) is 5.65 Å². The van der Waals surface area contributed by atoms with Crippen molar-refractivity contribution >= 4 is 28.4 Å². The number of carbonyl (C=O) groups is 2. The summed E-state index contributed by atoms with van der Waals surface area (Å²) >= 11 is 0. The molecule has 9 heteroatoms. The van der Waals surface area contributed by atoms with E-state index in [4.69, 9.17) is 0 Å². The van der Waals surface area contributed by atoms with Crippen LogP contribution in [-0.2, 0) is 11.3 Å². The fraction of sp³-hybridized carbons (Fsp3) is 0.0952. The predicted octanol–water partition coefficient (Wildman–Crippen LogP) is 2.56. The zero-order valence-corrected chi connectivity index (χ0v) is 15.9. The number of hydrogen-bond acceptors (Lipinski definition) is 5. The van der Waals surface area contributed by atoms with Crippen molar-refractivity contribution in [1.82, 2.24) is 19.3 Å². The maximum atomic E-state index is 14.3. The summed E-state index contributed by atoms with van der Waals surface area (Å²) < 4.78 is 17.0. The standard InChI is InChI=1S/C21H16FN5O3/c1-13(28)25-14-7-8-16(18(22)9-14)19(29)11-26-12-23-20-17(21(26)30)10-24-27(20)15-5-3-2-4-6-15/h2-10,12H,11H2,1H3,(H,25,28). The van der Waals surface area contributed by atoms with E-state index in [1.165, 1.54) is 36.3 Å². The van der Waals surface area contributed by atoms with Crippen molar-refractivity contribution in [2.75, 3.05) is 5.32 Å². The van der Waals surface area contributed by atoms with Crippen LogP contribution in [0.1, 0.15) is 17.3 Å². The van der Waals surface area contributed by atoms with Crippen molar-refractivity contribution in [3.8, 4) is 5.69 Å². The van der Waals surface area contributed by atoms with Gasteiger partial charge < -0.3 is 5.32 Å². The molecule has 0 unspecified atom stereocenters. The monoisotopic (exact) mass is 405 g/mol. The number of halogens is 1. The van der Waals surface area contributed by atoms with Gasteiger partial charge >= 0.3 is 0 Å². The molecule has 2 heterocycles. The molecule has 4 aromatic rings. The van der Waals surface area contributed by atoms with Gasteiger partial charge in [0.25, 0.3) is 5.56 Å². The number of nitrogens with one attached hydrogen (secondary N) is 1. The summed E-state index contributed by atoms with van der Waals surface area (Å²) in [5.74, 6) is -1.73. The van der Waals surface area contributed by atoms with Gasteiger partial charge in [-0.2, -0.15) is 5.10 Å². The number of benzene rings is 2. The number of hydrogen-bond donors (Lipinski definition) is 1. The van der Waals surface area contributed by atoms with Crippen LogP contribution in [0.25, 0.3) is 16.7 Å². The molecule has 0 aliphatic heterocycles. The van der Waals surface area contributed by atoms with Gasteiger partial charge in [-0.15, -0.1) is 0 Å². The van der Waals surface area contributed by atoms with Crippen LogP contribution in [0.4, 0.5) is 10.1 Å². The third kappa shape index (κ3) is 3.60. The largest absolute Gasteiger partial charge is 0.326 e. The van der Waals surface area contributed by atoms with Gasteiger partial charge in [-0.3, -0.25) is 19.0 Å². The molecule has 2 aromatic carbocycles. The van der Waals surface area contributed by atoms with Crippen LogP contribution in [-0.4, -0.2) is 31.0 Å². The summed E-state index contributed by atoms with van der Waals surface area (Å²) in [4.78, 5) is 40.7. The maximum Gasteiger partial charge on any atom is 0.264 e. The van der Waals surface area contributed by atoms with E-state index in [-0.39, 0.29) is 29.1 Å². The summed E-state index contributed by atoms with van der Waals surface area (Å²) in [6.07, 6.45) is 2.63. The lowest BCUT2D eigenvalue weighted by Crippen LogP contribution is -2.25. The molecule has 0 bridgehead atoms. The molecular formula is C21H16FN5O3. The average molecular weight is 405 g/mol. The van der Waals surface area contributed by atoms with Gasteiger partial charge in [-0.25, -0.2) is 14.1 Å². The highest BCUT2D eigenvalue weighted by Gasteiger charge is 2.17. The zero-order chi connectivity index (χ0) is 21.3. The Morgan fingerprint density at radius 3 is 2.60 bits per heavy atom. The second-order valence-electron chi connectivity index (χ2n) is 6.61. The van der Waals surface area contributed by atoms with Crippen molar-refractivity contribution in [1.29, 1.82) is 0 Å². The molecule has 30 heavy (non-hydrogen) atoms. The van der Waals surface area contributed by atoms with Crippen molar-refractivity contribution in [2.24, 2.45) is 0 Å². The third-order valence-corrected chi connectivity index (χ3v) is 4.46. The first-order chi connectivity index (χ1) is 14.4. The number of carbonyl (C=O) groups excluding carboxylic acids is 2. The number of nitrogens with zero attached hydrogens (tertiary/aromatic N) is 4. The van der Waals surface area contributed by atoms with Crippen LogP contribution in [0.15, 0.2) is 65.8 Å². The Morgan fingerprint density at radius 2 is 1.90 bits per heavy atom. The van der Waals surface area contributed by atoms with Crippen molar-refractivity contribution in [3.05, 3.63) is 82.8 Å². The number of ketones is 1. The fourth-order valence-corrected chi connectivity index (χ4v) is 3.08. The molecule has 0 aliphatic rings. The van der Waals surface area contributed by atoms with Crippen molar-refractivity contribution in [2.45, 2.75) is 13.5 Å². The Balaban J connectivity index is 1.63. The number of anilines is 1. The van der Waals surface area contributed by atoms with Gasteiger partial charge in [0, 0.05) is 12.6 Å². The summed E-state index contributed by atoms with van der Waals surface area (Å²) in [6, 6.07) is 13.0.